The molecule has 0 unspecified atom stereocenters. The molecule has 1 aliphatic heterocycles. The number of hydrogen-bond acceptors (Lipinski definition) is 3. The Balaban J connectivity index is 1.58. The minimum atomic E-state index is 0.418. The molecule has 0 spiro atoms. The van der Waals surface area contributed by atoms with E-state index in [4.69, 9.17) is 11.6 Å². The van der Waals surface area contributed by atoms with Crippen molar-refractivity contribution < 1.29 is 0 Å². The van der Waals surface area contributed by atoms with E-state index in [9.17, 15) is 0 Å². The molecule has 0 bridgehead atoms. The maximum absolute atomic E-state index is 6.13. The summed E-state index contributed by atoms with van der Waals surface area (Å²) in [6, 6.07) is 15.1. The highest BCUT2D eigenvalue weighted by Gasteiger charge is 2.26. The molecular formula is C19H21ClN4. The fourth-order valence-corrected chi connectivity index (χ4v) is 3.84. The Morgan fingerprint density at radius 1 is 1.12 bits per heavy atom. The van der Waals surface area contributed by atoms with Crippen molar-refractivity contribution in [3.63, 3.8) is 0 Å². The predicted molar refractivity (Wildman–Crippen MR) is 97.0 cm³/mol. The molecule has 24 heavy (non-hydrogen) atoms. The van der Waals surface area contributed by atoms with Crippen molar-refractivity contribution in [3.8, 4) is 0 Å². The summed E-state index contributed by atoms with van der Waals surface area (Å²) in [5.41, 5.74) is 3.25. The van der Waals surface area contributed by atoms with Crippen LogP contribution in [0.4, 0.5) is 0 Å². The van der Waals surface area contributed by atoms with E-state index in [0.717, 1.165) is 36.6 Å². The van der Waals surface area contributed by atoms with E-state index in [1.54, 1.807) is 0 Å². The Morgan fingerprint density at radius 2 is 2.00 bits per heavy atom. The summed E-state index contributed by atoms with van der Waals surface area (Å²) in [7, 11) is 0. The highest BCUT2D eigenvalue weighted by atomic mass is 35.5. The van der Waals surface area contributed by atoms with Gasteiger partial charge < -0.3 is 4.57 Å². The zero-order valence-electron chi connectivity index (χ0n) is 13.6. The van der Waals surface area contributed by atoms with Crippen LogP contribution in [0.2, 0.25) is 0 Å². The molecule has 0 radical (unpaired) electrons. The average molecular weight is 341 g/mol. The number of alkyl halides is 1. The van der Waals surface area contributed by atoms with Gasteiger partial charge in [0, 0.05) is 25.3 Å². The summed E-state index contributed by atoms with van der Waals surface area (Å²) in [5.74, 6) is 1.33. The summed E-state index contributed by atoms with van der Waals surface area (Å²) in [4.78, 5) is 11.7. The first-order valence-electron chi connectivity index (χ1n) is 8.49. The van der Waals surface area contributed by atoms with Gasteiger partial charge in [0.2, 0.25) is 0 Å². The molecule has 4 nitrogen and oxygen atoms in total. The van der Waals surface area contributed by atoms with E-state index < -0.39 is 0 Å². The molecule has 1 aromatic carbocycles. The number of halogens is 1. The highest BCUT2D eigenvalue weighted by Crippen LogP contribution is 2.24. The standard InChI is InChI=1S/C19H21ClN4/c20-12-18-22-17-9-4-10-21-19(17)24(18)14-16-8-5-11-23(16)13-15-6-2-1-3-7-15/h1-4,6-7,9-10,16H,5,8,11-14H2/t16-/m0/s1. The maximum Gasteiger partial charge on any atom is 0.160 e. The molecule has 1 saturated heterocycles. The van der Waals surface area contributed by atoms with Gasteiger partial charge in [-0.05, 0) is 37.1 Å². The molecule has 0 aliphatic carbocycles. The minimum absolute atomic E-state index is 0.418. The summed E-state index contributed by atoms with van der Waals surface area (Å²) < 4.78 is 2.20. The first-order chi connectivity index (χ1) is 11.8. The van der Waals surface area contributed by atoms with Crippen LogP contribution in [0, 0.1) is 0 Å². The van der Waals surface area contributed by atoms with Crippen molar-refractivity contribution >= 4 is 22.8 Å². The highest BCUT2D eigenvalue weighted by molar-refractivity contribution is 6.16. The van der Waals surface area contributed by atoms with Gasteiger partial charge in [-0.3, -0.25) is 4.90 Å². The van der Waals surface area contributed by atoms with Crippen molar-refractivity contribution in [2.24, 2.45) is 0 Å². The van der Waals surface area contributed by atoms with Gasteiger partial charge in [0.05, 0.1) is 5.88 Å². The van der Waals surface area contributed by atoms with E-state index in [1.165, 1.54) is 18.4 Å². The Hall–Kier alpha value is -1.91. The Morgan fingerprint density at radius 3 is 2.83 bits per heavy atom. The topological polar surface area (TPSA) is 34.0 Å². The first kappa shape index (κ1) is 15.6. The summed E-state index contributed by atoms with van der Waals surface area (Å²) >= 11 is 6.13. The molecule has 1 aliphatic rings. The smallest absolute Gasteiger partial charge is 0.160 e. The molecule has 3 heterocycles. The Kier molecular flexibility index (Phi) is 4.50. The zero-order chi connectivity index (χ0) is 16.4. The Bertz CT molecular complexity index is 815. The molecule has 5 heteroatoms. The summed E-state index contributed by atoms with van der Waals surface area (Å²) in [6.45, 7) is 3.06. The van der Waals surface area contributed by atoms with E-state index in [1.807, 2.05) is 18.3 Å². The lowest BCUT2D eigenvalue weighted by atomic mass is 10.2. The van der Waals surface area contributed by atoms with Gasteiger partial charge in [-0.1, -0.05) is 30.3 Å². The number of fused-ring (bicyclic) bond motifs is 1. The SMILES string of the molecule is ClCc1nc2cccnc2n1C[C@@H]1CCCN1Cc1ccccc1. The number of pyridine rings is 1. The third kappa shape index (κ3) is 3.04. The molecule has 2 aromatic heterocycles. The third-order valence-electron chi connectivity index (χ3n) is 4.82. The van der Waals surface area contributed by atoms with Gasteiger partial charge in [0.25, 0.3) is 0 Å². The quantitative estimate of drug-likeness (QED) is 0.662. The molecule has 0 amide bonds. The average Bonchev–Trinajstić information content (AvgIpc) is 3.21. The van der Waals surface area contributed by atoms with Crippen LogP contribution in [0.5, 0.6) is 0 Å². The van der Waals surface area contributed by atoms with E-state index in [-0.39, 0.29) is 0 Å². The zero-order valence-corrected chi connectivity index (χ0v) is 14.4. The molecule has 3 aromatic rings. The number of nitrogens with zero attached hydrogens (tertiary/aromatic N) is 4. The monoisotopic (exact) mass is 340 g/mol. The second-order valence-electron chi connectivity index (χ2n) is 6.37. The van der Waals surface area contributed by atoms with Crippen LogP contribution in [0.25, 0.3) is 11.2 Å². The van der Waals surface area contributed by atoms with Crippen LogP contribution in [0.1, 0.15) is 24.2 Å². The molecule has 124 valence electrons. The second-order valence-corrected chi connectivity index (χ2v) is 6.64. The number of rotatable bonds is 5. The lowest BCUT2D eigenvalue weighted by Gasteiger charge is -2.25. The fraction of sp³-hybridized carbons (Fsp3) is 0.368. The van der Waals surface area contributed by atoms with Gasteiger partial charge in [-0.25, -0.2) is 9.97 Å². The summed E-state index contributed by atoms with van der Waals surface area (Å²) in [6.07, 6.45) is 4.28. The fourth-order valence-electron chi connectivity index (χ4n) is 3.64. The van der Waals surface area contributed by atoms with Crippen LogP contribution in [0.15, 0.2) is 48.7 Å². The normalized spacial score (nSPS) is 18.5. The van der Waals surface area contributed by atoms with Gasteiger partial charge >= 0.3 is 0 Å². The third-order valence-corrected chi connectivity index (χ3v) is 5.06. The van der Waals surface area contributed by atoms with Gasteiger partial charge in [0.15, 0.2) is 5.65 Å². The van der Waals surface area contributed by atoms with E-state index >= 15 is 0 Å². The largest absolute Gasteiger partial charge is 0.310 e. The summed E-state index contributed by atoms with van der Waals surface area (Å²) in [5, 5.41) is 0. The molecule has 4 rings (SSSR count). The number of imidazole rings is 1. The predicted octanol–water partition coefficient (Wildman–Crippen LogP) is 3.83. The van der Waals surface area contributed by atoms with Crippen LogP contribution >= 0.6 is 11.6 Å². The van der Waals surface area contributed by atoms with Crippen LogP contribution in [-0.2, 0) is 19.0 Å². The van der Waals surface area contributed by atoms with E-state index in [0.29, 0.717) is 11.9 Å². The Labute approximate surface area is 147 Å². The van der Waals surface area contributed by atoms with Crippen molar-refractivity contribution in [1.29, 1.82) is 0 Å². The lowest BCUT2D eigenvalue weighted by molar-refractivity contribution is 0.224. The number of aromatic nitrogens is 3. The van der Waals surface area contributed by atoms with Gasteiger partial charge in [-0.15, -0.1) is 11.6 Å². The maximum atomic E-state index is 6.13. The van der Waals surface area contributed by atoms with Crippen molar-refractivity contribution in [2.45, 2.75) is 37.9 Å². The number of likely N-dealkylation sites (tertiary alicyclic amines) is 1. The van der Waals surface area contributed by atoms with E-state index in [2.05, 4.69) is 49.8 Å². The van der Waals surface area contributed by atoms with Crippen molar-refractivity contribution in [1.82, 2.24) is 19.4 Å². The van der Waals surface area contributed by atoms with Gasteiger partial charge in [0.1, 0.15) is 11.3 Å². The number of benzene rings is 1. The molecular weight excluding hydrogens is 320 g/mol. The molecule has 1 atom stereocenters. The lowest BCUT2D eigenvalue weighted by Crippen LogP contribution is -2.33. The number of hydrogen-bond donors (Lipinski definition) is 0. The van der Waals surface area contributed by atoms with Crippen LogP contribution < -0.4 is 0 Å². The second kappa shape index (κ2) is 6.91. The first-order valence-corrected chi connectivity index (χ1v) is 9.02. The molecule has 1 fully saturated rings. The molecule has 0 N–H and O–H groups in total. The van der Waals surface area contributed by atoms with Crippen LogP contribution in [-0.4, -0.2) is 32.0 Å². The molecule has 0 saturated carbocycles. The minimum Gasteiger partial charge on any atom is -0.310 e. The van der Waals surface area contributed by atoms with Gasteiger partial charge in [-0.2, -0.15) is 0 Å². The van der Waals surface area contributed by atoms with Crippen molar-refractivity contribution in [3.05, 3.63) is 60.0 Å². The van der Waals surface area contributed by atoms with Crippen molar-refractivity contribution in [2.75, 3.05) is 6.54 Å². The van der Waals surface area contributed by atoms with Crippen LogP contribution in [0.3, 0.4) is 0 Å².